The van der Waals surface area contributed by atoms with Crippen molar-refractivity contribution in [1.29, 1.82) is 0 Å². The maximum Gasteiger partial charge on any atom is 0.418 e. The molecule has 0 radical (unpaired) electrons. The maximum atomic E-state index is 13.1. The van der Waals surface area contributed by atoms with Crippen molar-refractivity contribution in [1.82, 2.24) is 0 Å². The summed E-state index contributed by atoms with van der Waals surface area (Å²) in [5.74, 6) is -1.12. The van der Waals surface area contributed by atoms with E-state index in [4.69, 9.17) is 4.74 Å². The molecule has 2 aromatic rings. The van der Waals surface area contributed by atoms with Crippen LogP contribution in [-0.2, 0) is 15.8 Å². The Morgan fingerprint density at radius 2 is 1.39 bits per heavy atom. The molecule has 2 amide bonds. The molecule has 0 saturated carbocycles. The molecule has 0 spiro atoms. The van der Waals surface area contributed by atoms with Crippen LogP contribution in [0, 0.1) is 5.41 Å². The van der Waals surface area contributed by atoms with Gasteiger partial charge in [-0.05, 0) is 45.0 Å². The van der Waals surface area contributed by atoms with Gasteiger partial charge in [-0.2, -0.15) is 13.2 Å². The number of halogens is 3. The van der Waals surface area contributed by atoms with Crippen LogP contribution >= 0.6 is 0 Å². The minimum absolute atomic E-state index is 0.367. The number of benzene rings is 2. The van der Waals surface area contributed by atoms with Crippen molar-refractivity contribution in [3.63, 3.8) is 0 Å². The van der Waals surface area contributed by atoms with Crippen LogP contribution in [0.5, 0.6) is 5.75 Å². The van der Waals surface area contributed by atoms with Crippen LogP contribution in [0.25, 0.3) is 0 Å². The number of hydrogen-bond acceptors (Lipinski definition) is 3. The molecule has 28 heavy (non-hydrogen) atoms. The van der Waals surface area contributed by atoms with Gasteiger partial charge >= 0.3 is 6.18 Å². The number of para-hydroxylation sites is 3. The molecule has 0 atom stereocenters. The molecule has 0 aliphatic carbocycles. The standard InChI is InChI=1S/C20H21F3N2O3/c1-4-28-16-12-8-7-11-15(16)25-18(27)19(2,3)17(26)24-14-10-6-5-9-13(14)20(21,22)23/h5-12H,4H2,1-3H3,(H,24,26)(H,25,27). The normalized spacial score (nSPS) is 11.6. The lowest BCUT2D eigenvalue weighted by molar-refractivity contribution is -0.137. The van der Waals surface area contributed by atoms with E-state index in [9.17, 15) is 22.8 Å². The number of rotatable bonds is 6. The molecule has 150 valence electrons. The van der Waals surface area contributed by atoms with Gasteiger partial charge in [0.05, 0.1) is 23.5 Å². The van der Waals surface area contributed by atoms with E-state index in [-0.39, 0.29) is 0 Å². The SMILES string of the molecule is CCOc1ccccc1NC(=O)C(C)(C)C(=O)Nc1ccccc1C(F)(F)F. The first-order valence-corrected chi connectivity index (χ1v) is 8.58. The summed E-state index contributed by atoms with van der Waals surface area (Å²) < 4.78 is 44.8. The molecule has 0 fully saturated rings. The van der Waals surface area contributed by atoms with Crippen molar-refractivity contribution in [2.75, 3.05) is 17.2 Å². The van der Waals surface area contributed by atoms with Gasteiger partial charge in [0.2, 0.25) is 11.8 Å². The Kier molecular flexibility index (Phi) is 6.33. The first-order chi connectivity index (χ1) is 13.1. The molecule has 5 nitrogen and oxygen atoms in total. The zero-order valence-electron chi connectivity index (χ0n) is 15.7. The summed E-state index contributed by atoms with van der Waals surface area (Å²) in [5, 5.41) is 4.81. The third-order valence-corrected chi connectivity index (χ3v) is 4.05. The molecule has 0 heterocycles. The fourth-order valence-corrected chi connectivity index (χ4v) is 2.35. The quantitative estimate of drug-likeness (QED) is 0.698. The fraction of sp³-hybridized carbons (Fsp3) is 0.300. The lowest BCUT2D eigenvalue weighted by atomic mass is 9.90. The first-order valence-electron chi connectivity index (χ1n) is 8.58. The molecular weight excluding hydrogens is 373 g/mol. The predicted molar refractivity (Wildman–Crippen MR) is 100 cm³/mol. The van der Waals surface area contributed by atoms with Gasteiger partial charge in [-0.25, -0.2) is 0 Å². The molecule has 0 aliphatic heterocycles. The van der Waals surface area contributed by atoms with E-state index in [0.717, 1.165) is 12.1 Å². The van der Waals surface area contributed by atoms with Gasteiger partial charge in [0.25, 0.3) is 0 Å². The molecule has 0 aliphatic rings. The van der Waals surface area contributed by atoms with Crippen LogP contribution in [0.1, 0.15) is 26.3 Å². The van der Waals surface area contributed by atoms with Gasteiger partial charge in [-0.1, -0.05) is 24.3 Å². The molecule has 2 N–H and O–H groups in total. The third kappa shape index (κ3) is 4.82. The van der Waals surface area contributed by atoms with E-state index in [1.807, 2.05) is 0 Å². The van der Waals surface area contributed by atoms with Crippen molar-refractivity contribution in [3.05, 3.63) is 54.1 Å². The summed E-state index contributed by atoms with van der Waals surface area (Å²) in [6.07, 6.45) is -4.63. The fourth-order valence-electron chi connectivity index (χ4n) is 2.35. The molecule has 0 saturated heterocycles. The van der Waals surface area contributed by atoms with E-state index in [2.05, 4.69) is 10.6 Å². The molecule has 0 aromatic heterocycles. The Morgan fingerprint density at radius 1 is 0.893 bits per heavy atom. The van der Waals surface area contributed by atoms with E-state index < -0.39 is 34.7 Å². The highest BCUT2D eigenvalue weighted by Crippen LogP contribution is 2.35. The van der Waals surface area contributed by atoms with Crippen LogP contribution in [0.4, 0.5) is 24.5 Å². The summed E-state index contributed by atoms with van der Waals surface area (Å²) >= 11 is 0. The summed E-state index contributed by atoms with van der Waals surface area (Å²) in [7, 11) is 0. The molecule has 0 bridgehead atoms. The van der Waals surface area contributed by atoms with Gasteiger partial charge in [0, 0.05) is 0 Å². The van der Waals surface area contributed by atoms with Crippen molar-refractivity contribution in [2.45, 2.75) is 26.9 Å². The van der Waals surface area contributed by atoms with Crippen LogP contribution < -0.4 is 15.4 Å². The minimum Gasteiger partial charge on any atom is -0.492 e. The highest BCUT2D eigenvalue weighted by Gasteiger charge is 2.39. The largest absolute Gasteiger partial charge is 0.492 e. The van der Waals surface area contributed by atoms with Crippen molar-refractivity contribution >= 4 is 23.2 Å². The summed E-state index contributed by atoms with van der Waals surface area (Å²) in [4.78, 5) is 25.2. The second kappa shape index (κ2) is 8.33. The van der Waals surface area contributed by atoms with Crippen molar-refractivity contribution in [2.24, 2.45) is 5.41 Å². The van der Waals surface area contributed by atoms with Crippen molar-refractivity contribution < 1.29 is 27.5 Å². The topological polar surface area (TPSA) is 67.4 Å². The van der Waals surface area contributed by atoms with E-state index in [1.54, 1.807) is 31.2 Å². The molecule has 8 heteroatoms. The zero-order valence-corrected chi connectivity index (χ0v) is 15.7. The monoisotopic (exact) mass is 394 g/mol. The third-order valence-electron chi connectivity index (χ3n) is 4.05. The summed E-state index contributed by atoms with van der Waals surface area (Å²) in [6.45, 7) is 4.83. The second-order valence-corrected chi connectivity index (χ2v) is 6.51. The predicted octanol–water partition coefficient (Wildman–Crippen LogP) is 4.71. The Bertz CT molecular complexity index is 864. The Labute approximate surface area is 160 Å². The molecule has 2 rings (SSSR count). The van der Waals surface area contributed by atoms with E-state index in [0.29, 0.717) is 18.0 Å². The van der Waals surface area contributed by atoms with E-state index in [1.165, 1.54) is 26.0 Å². The second-order valence-electron chi connectivity index (χ2n) is 6.51. The summed E-state index contributed by atoms with van der Waals surface area (Å²) in [5.41, 5.74) is -2.67. The highest BCUT2D eigenvalue weighted by molar-refractivity contribution is 6.14. The van der Waals surface area contributed by atoms with Crippen LogP contribution in [0.2, 0.25) is 0 Å². The van der Waals surface area contributed by atoms with Gasteiger partial charge in [0.15, 0.2) is 0 Å². The van der Waals surface area contributed by atoms with Crippen molar-refractivity contribution in [3.8, 4) is 5.75 Å². The van der Waals surface area contributed by atoms with Gasteiger partial charge in [-0.15, -0.1) is 0 Å². The van der Waals surface area contributed by atoms with Crippen LogP contribution in [-0.4, -0.2) is 18.4 Å². The Morgan fingerprint density at radius 3 is 1.96 bits per heavy atom. The molecule has 2 aromatic carbocycles. The van der Waals surface area contributed by atoms with Gasteiger partial charge < -0.3 is 15.4 Å². The summed E-state index contributed by atoms with van der Waals surface area (Å²) in [6, 6.07) is 11.3. The van der Waals surface area contributed by atoms with E-state index >= 15 is 0 Å². The Hall–Kier alpha value is -3.03. The number of alkyl halides is 3. The number of nitrogens with one attached hydrogen (secondary N) is 2. The Balaban J connectivity index is 2.21. The van der Waals surface area contributed by atoms with Crippen LogP contribution in [0.3, 0.4) is 0 Å². The lowest BCUT2D eigenvalue weighted by Crippen LogP contribution is -2.42. The number of amides is 2. The number of ether oxygens (including phenoxy) is 1. The maximum absolute atomic E-state index is 13.1. The van der Waals surface area contributed by atoms with Gasteiger partial charge in [0.1, 0.15) is 11.2 Å². The average Bonchev–Trinajstić information content (AvgIpc) is 2.63. The molecular formula is C20H21F3N2O3. The number of carbonyl (C=O) groups excluding carboxylic acids is 2. The first kappa shape index (κ1) is 21.3. The van der Waals surface area contributed by atoms with Gasteiger partial charge in [-0.3, -0.25) is 9.59 Å². The highest BCUT2D eigenvalue weighted by atomic mass is 19.4. The smallest absolute Gasteiger partial charge is 0.418 e. The number of anilines is 2. The number of carbonyl (C=O) groups is 2. The van der Waals surface area contributed by atoms with Crippen LogP contribution in [0.15, 0.2) is 48.5 Å². The minimum atomic E-state index is -4.63. The molecule has 0 unspecified atom stereocenters. The zero-order chi connectivity index (χ0) is 20.9. The average molecular weight is 394 g/mol. The number of hydrogen-bond donors (Lipinski definition) is 2. The lowest BCUT2D eigenvalue weighted by Gasteiger charge is -2.24.